The minimum absolute atomic E-state index is 0.0395. The third-order valence-corrected chi connectivity index (χ3v) is 6.18. The van der Waals surface area contributed by atoms with Crippen molar-refractivity contribution in [2.24, 2.45) is 0 Å². The maximum absolute atomic E-state index is 13.0. The number of carbonyl (C=O) groups excluding carboxylic acids is 1. The molecule has 0 spiro atoms. The number of aliphatic carboxylic acids is 2. The van der Waals surface area contributed by atoms with Crippen LogP contribution in [0.25, 0.3) is 17.2 Å². The zero-order valence-electron chi connectivity index (χ0n) is 26.3. The Morgan fingerprint density at radius 2 is 1.41 bits per heavy atom. The number of hydrogen-bond donors (Lipinski definition) is 3. The first-order valence-electron chi connectivity index (χ1n) is 14.2. The van der Waals surface area contributed by atoms with Gasteiger partial charge in [0, 0.05) is 48.6 Å². The zero-order valence-corrected chi connectivity index (χ0v) is 26.3. The third-order valence-electron chi connectivity index (χ3n) is 6.18. The minimum Gasteiger partial charge on any atom is -0.492 e. The van der Waals surface area contributed by atoms with Crippen LogP contribution in [-0.4, -0.2) is 92.2 Å². The number of allylic oxidation sites excluding steroid dienone is 1. The van der Waals surface area contributed by atoms with E-state index in [-0.39, 0.29) is 5.78 Å². The molecule has 0 radical (unpaired) electrons. The van der Waals surface area contributed by atoms with Crippen LogP contribution in [0.3, 0.4) is 0 Å². The third kappa shape index (κ3) is 13.5. The van der Waals surface area contributed by atoms with E-state index in [4.69, 9.17) is 14.9 Å². The molecule has 0 saturated carbocycles. The normalized spacial score (nSPS) is 11.1. The van der Waals surface area contributed by atoms with Crippen LogP contribution < -0.4 is 10.1 Å². The summed E-state index contributed by atoms with van der Waals surface area (Å²) in [4.78, 5) is 36.4. The predicted molar refractivity (Wildman–Crippen MR) is 177 cm³/mol. The number of hydrogen-bond acceptors (Lipinski definition) is 7. The molecule has 3 aromatic carbocycles. The first kappa shape index (κ1) is 35.5. The highest BCUT2D eigenvalue weighted by Crippen LogP contribution is 2.29. The lowest BCUT2D eigenvalue weighted by molar-refractivity contribution is -0.134. The van der Waals surface area contributed by atoms with Crippen molar-refractivity contribution in [3.63, 3.8) is 0 Å². The number of likely N-dealkylation sites (N-methyl/N-ethyl adjacent to an activating group) is 2. The fraction of sp³-hybridized carbons (Fsp3) is 0.286. The second-order valence-corrected chi connectivity index (χ2v) is 10.8. The van der Waals surface area contributed by atoms with Gasteiger partial charge >= 0.3 is 11.9 Å². The van der Waals surface area contributed by atoms with Gasteiger partial charge in [0.1, 0.15) is 12.4 Å². The van der Waals surface area contributed by atoms with Crippen molar-refractivity contribution in [2.45, 2.75) is 13.8 Å². The van der Waals surface area contributed by atoms with E-state index >= 15 is 0 Å². The summed E-state index contributed by atoms with van der Waals surface area (Å²) in [5.74, 6) is -1.78. The number of benzene rings is 3. The van der Waals surface area contributed by atoms with Crippen LogP contribution in [0.1, 0.15) is 27.0 Å². The van der Waals surface area contributed by atoms with Gasteiger partial charge in [0.05, 0.1) is 0 Å². The monoisotopic (exact) mass is 601 g/mol. The lowest BCUT2D eigenvalue weighted by Gasteiger charge is -2.14. The minimum atomic E-state index is -1.26. The number of carboxylic acid groups (broad SMARTS) is 2. The number of ketones is 1. The Hall–Kier alpha value is -4.73. The molecule has 0 saturated heterocycles. The second kappa shape index (κ2) is 18.0. The molecule has 234 valence electrons. The summed E-state index contributed by atoms with van der Waals surface area (Å²) < 4.78 is 6.09. The van der Waals surface area contributed by atoms with Gasteiger partial charge in [0.2, 0.25) is 0 Å². The highest BCUT2D eigenvalue weighted by atomic mass is 16.5. The number of nitrogens with one attached hydrogen (secondary N) is 1. The summed E-state index contributed by atoms with van der Waals surface area (Å²) in [6.45, 7) is 7.35. The summed E-state index contributed by atoms with van der Waals surface area (Å²) in [7, 11) is 8.13. The SMILES string of the molecule is Cc1cc(C)cc(-c2ccc(OCCN(C)C)c(/C=C/C(=O)c3cccc(NCCN(C)C)c3)c2)c1.O=C(O)/C=C/C(=O)O. The van der Waals surface area contributed by atoms with Crippen LogP contribution in [0.4, 0.5) is 5.69 Å². The van der Waals surface area contributed by atoms with E-state index in [9.17, 15) is 14.4 Å². The molecule has 44 heavy (non-hydrogen) atoms. The van der Waals surface area contributed by atoms with Gasteiger partial charge in [-0.2, -0.15) is 0 Å². The Balaban J connectivity index is 0.000000742. The van der Waals surface area contributed by atoms with Crippen molar-refractivity contribution in [1.29, 1.82) is 0 Å². The molecule has 0 fully saturated rings. The topological polar surface area (TPSA) is 119 Å². The molecular formula is C35H43N3O6. The number of nitrogens with zero attached hydrogens (tertiary/aromatic N) is 2. The molecule has 0 amide bonds. The maximum atomic E-state index is 13.0. The largest absolute Gasteiger partial charge is 0.492 e. The number of carbonyl (C=O) groups is 3. The molecular weight excluding hydrogens is 558 g/mol. The first-order valence-corrected chi connectivity index (χ1v) is 14.2. The Kier molecular flexibility index (Phi) is 14.5. The summed E-state index contributed by atoms with van der Waals surface area (Å²) in [6.07, 6.45) is 4.62. The first-order chi connectivity index (χ1) is 20.8. The number of carboxylic acids is 2. The van der Waals surface area contributed by atoms with E-state index in [1.165, 1.54) is 11.1 Å². The van der Waals surface area contributed by atoms with Crippen LogP contribution in [0, 0.1) is 13.8 Å². The highest BCUT2D eigenvalue weighted by Gasteiger charge is 2.09. The average molecular weight is 602 g/mol. The molecule has 9 nitrogen and oxygen atoms in total. The van der Waals surface area contributed by atoms with Crippen molar-refractivity contribution in [2.75, 3.05) is 59.7 Å². The van der Waals surface area contributed by atoms with Crippen LogP contribution in [0.2, 0.25) is 0 Å². The molecule has 0 heterocycles. The van der Waals surface area contributed by atoms with Crippen LogP contribution in [-0.2, 0) is 9.59 Å². The quantitative estimate of drug-likeness (QED) is 0.163. The molecule has 9 heteroatoms. The van der Waals surface area contributed by atoms with Gasteiger partial charge in [-0.15, -0.1) is 0 Å². The Morgan fingerprint density at radius 3 is 2.00 bits per heavy atom. The molecule has 0 aliphatic carbocycles. The summed E-state index contributed by atoms with van der Waals surface area (Å²) in [5.41, 5.74) is 7.19. The van der Waals surface area contributed by atoms with Gasteiger partial charge in [-0.1, -0.05) is 47.5 Å². The summed E-state index contributed by atoms with van der Waals surface area (Å²) >= 11 is 0. The fourth-order valence-corrected chi connectivity index (χ4v) is 4.08. The lowest BCUT2D eigenvalue weighted by atomic mass is 9.98. The second-order valence-electron chi connectivity index (χ2n) is 10.8. The van der Waals surface area contributed by atoms with Gasteiger partial charge in [-0.05, 0) is 89.6 Å². The molecule has 3 rings (SSSR count). The Morgan fingerprint density at radius 1 is 0.773 bits per heavy atom. The van der Waals surface area contributed by atoms with Gasteiger partial charge in [0.15, 0.2) is 5.78 Å². The van der Waals surface area contributed by atoms with Gasteiger partial charge in [-0.25, -0.2) is 9.59 Å². The Bertz CT molecular complexity index is 1440. The molecule has 0 bridgehead atoms. The van der Waals surface area contributed by atoms with Gasteiger partial charge < -0.3 is 30.1 Å². The summed E-state index contributed by atoms with van der Waals surface area (Å²) in [5, 5.41) is 19.0. The number of anilines is 1. The van der Waals surface area contributed by atoms with Crippen molar-refractivity contribution >= 4 is 29.5 Å². The average Bonchev–Trinajstić information content (AvgIpc) is 2.95. The van der Waals surface area contributed by atoms with E-state index in [0.29, 0.717) is 24.3 Å². The van der Waals surface area contributed by atoms with Gasteiger partial charge in [0.25, 0.3) is 0 Å². The molecule has 0 aromatic heterocycles. The van der Waals surface area contributed by atoms with E-state index in [2.05, 4.69) is 59.3 Å². The number of aryl methyl sites for hydroxylation is 2. The van der Waals surface area contributed by atoms with Crippen LogP contribution in [0.15, 0.2) is 78.9 Å². The van der Waals surface area contributed by atoms with Crippen molar-refractivity contribution in [1.82, 2.24) is 9.80 Å². The molecule has 3 N–H and O–H groups in total. The van der Waals surface area contributed by atoms with Crippen molar-refractivity contribution < 1.29 is 29.3 Å². The predicted octanol–water partition coefficient (Wildman–Crippen LogP) is 5.49. The van der Waals surface area contributed by atoms with Crippen LogP contribution in [0.5, 0.6) is 5.75 Å². The lowest BCUT2D eigenvalue weighted by Crippen LogP contribution is -2.20. The highest BCUT2D eigenvalue weighted by molar-refractivity contribution is 6.07. The molecule has 0 aliphatic rings. The zero-order chi connectivity index (χ0) is 32.6. The van der Waals surface area contributed by atoms with Crippen molar-refractivity contribution in [3.8, 4) is 16.9 Å². The summed E-state index contributed by atoms with van der Waals surface area (Å²) in [6, 6.07) is 20.4. The van der Waals surface area contributed by atoms with E-state index in [0.717, 1.165) is 47.8 Å². The number of rotatable bonds is 14. The Labute approximate surface area is 260 Å². The smallest absolute Gasteiger partial charge is 0.328 e. The van der Waals surface area contributed by atoms with E-state index in [1.54, 1.807) is 6.08 Å². The van der Waals surface area contributed by atoms with Gasteiger partial charge in [-0.3, -0.25) is 4.79 Å². The molecule has 0 unspecified atom stereocenters. The van der Waals surface area contributed by atoms with Crippen LogP contribution >= 0.6 is 0 Å². The maximum Gasteiger partial charge on any atom is 0.328 e. The molecule has 0 aliphatic heterocycles. The van der Waals surface area contributed by atoms with E-state index in [1.807, 2.05) is 64.6 Å². The molecule has 0 atom stereocenters. The molecule has 3 aromatic rings. The van der Waals surface area contributed by atoms with E-state index < -0.39 is 11.9 Å². The number of ether oxygens (including phenoxy) is 1. The standard InChI is InChI=1S/C31H39N3O2.C4H4O4/c1-23-18-24(2)20-28(19-23)25-11-13-31(36-17-16-34(5)6)27(21-25)10-12-30(35)26-8-7-9-29(22-26)32-14-15-33(3)4;5-3(6)1-2-4(7)8/h7-13,18-22,32H,14-17H2,1-6H3;1-2H,(H,5,6)(H,7,8)/b12-10+;2-1+. The van der Waals surface area contributed by atoms with Crippen molar-refractivity contribution in [3.05, 3.63) is 101 Å². The fourth-order valence-electron chi connectivity index (χ4n) is 4.08.